The molecule has 0 atom stereocenters. The highest BCUT2D eigenvalue weighted by Gasteiger charge is 2.08. The van der Waals surface area contributed by atoms with Crippen LogP contribution in [0.3, 0.4) is 0 Å². The van der Waals surface area contributed by atoms with E-state index in [1.807, 2.05) is 51.1 Å². The van der Waals surface area contributed by atoms with Gasteiger partial charge in [-0.1, -0.05) is 18.2 Å². The number of ether oxygens (including phenoxy) is 2. The SMILES string of the molecule is CCOc1ncccc1CNC(=O)CCOc1cccc(C)c1C. The van der Waals surface area contributed by atoms with E-state index in [-0.39, 0.29) is 5.91 Å². The van der Waals surface area contributed by atoms with Gasteiger partial charge < -0.3 is 14.8 Å². The van der Waals surface area contributed by atoms with Gasteiger partial charge in [-0.05, 0) is 44.0 Å². The van der Waals surface area contributed by atoms with Crippen LogP contribution in [0.5, 0.6) is 11.6 Å². The summed E-state index contributed by atoms with van der Waals surface area (Å²) in [5.41, 5.74) is 3.15. The molecule has 0 aliphatic heterocycles. The highest BCUT2D eigenvalue weighted by atomic mass is 16.5. The summed E-state index contributed by atoms with van der Waals surface area (Å²) in [7, 11) is 0. The number of benzene rings is 1. The Morgan fingerprint density at radius 1 is 1.17 bits per heavy atom. The minimum Gasteiger partial charge on any atom is -0.493 e. The van der Waals surface area contributed by atoms with Crippen molar-refractivity contribution in [2.24, 2.45) is 0 Å². The first-order valence-electron chi connectivity index (χ1n) is 8.14. The normalized spacial score (nSPS) is 10.3. The predicted molar refractivity (Wildman–Crippen MR) is 93.3 cm³/mol. The average Bonchev–Trinajstić information content (AvgIpc) is 2.58. The molecular formula is C19H24N2O3. The van der Waals surface area contributed by atoms with Crippen LogP contribution in [0.25, 0.3) is 0 Å². The zero-order valence-corrected chi connectivity index (χ0v) is 14.5. The van der Waals surface area contributed by atoms with Gasteiger partial charge in [-0.15, -0.1) is 0 Å². The molecule has 5 heteroatoms. The van der Waals surface area contributed by atoms with Crippen LogP contribution < -0.4 is 14.8 Å². The maximum Gasteiger partial charge on any atom is 0.223 e. The molecule has 2 rings (SSSR count). The summed E-state index contributed by atoms with van der Waals surface area (Å²) in [5, 5.41) is 2.87. The first kappa shape index (κ1) is 17.8. The largest absolute Gasteiger partial charge is 0.493 e. The molecule has 0 aliphatic rings. The molecule has 24 heavy (non-hydrogen) atoms. The van der Waals surface area contributed by atoms with Crippen LogP contribution in [0, 0.1) is 13.8 Å². The molecule has 0 saturated heterocycles. The number of hydrogen-bond donors (Lipinski definition) is 1. The van der Waals surface area contributed by atoms with E-state index >= 15 is 0 Å². The Morgan fingerprint density at radius 2 is 2.00 bits per heavy atom. The highest BCUT2D eigenvalue weighted by molar-refractivity contribution is 5.76. The Bertz CT molecular complexity index is 686. The van der Waals surface area contributed by atoms with E-state index in [0.29, 0.717) is 32.1 Å². The van der Waals surface area contributed by atoms with Crippen molar-refractivity contribution in [1.82, 2.24) is 10.3 Å². The number of nitrogens with one attached hydrogen (secondary N) is 1. The number of aryl methyl sites for hydroxylation is 1. The lowest BCUT2D eigenvalue weighted by Crippen LogP contribution is -2.25. The molecule has 0 unspecified atom stereocenters. The average molecular weight is 328 g/mol. The number of carbonyl (C=O) groups is 1. The van der Waals surface area contributed by atoms with Gasteiger partial charge in [-0.25, -0.2) is 4.98 Å². The molecule has 1 heterocycles. The number of pyridine rings is 1. The van der Waals surface area contributed by atoms with E-state index in [4.69, 9.17) is 9.47 Å². The number of rotatable bonds is 8. The summed E-state index contributed by atoms with van der Waals surface area (Å²) in [6, 6.07) is 9.64. The van der Waals surface area contributed by atoms with Crippen LogP contribution in [-0.2, 0) is 11.3 Å². The van der Waals surface area contributed by atoms with Gasteiger partial charge in [0.25, 0.3) is 0 Å². The minimum atomic E-state index is -0.0633. The minimum absolute atomic E-state index is 0.0633. The third kappa shape index (κ3) is 4.98. The third-order valence-electron chi connectivity index (χ3n) is 3.75. The molecule has 1 amide bonds. The summed E-state index contributed by atoms with van der Waals surface area (Å²) in [4.78, 5) is 16.1. The summed E-state index contributed by atoms with van der Waals surface area (Å²) in [5.74, 6) is 1.33. The van der Waals surface area contributed by atoms with E-state index in [1.165, 1.54) is 5.56 Å². The maximum absolute atomic E-state index is 12.0. The Labute approximate surface area is 143 Å². The van der Waals surface area contributed by atoms with Crippen molar-refractivity contribution in [1.29, 1.82) is 0 Å². The second kappa shape index (κ2) is 8.91. The molecular weight excluding hydrogens is 304 g/mol. The third-order valence-corrected chi connectivity index (χ3v) is 3.75. The summed E-state index contributed by atoms with van der Waals surface area (Å²) in [6.45, 7) is 7.25. The zero-order chi connectivity index (χ0) is 17.4. The van der Waals surface area contributed by atoms with Gasteiger partial charge in [0.15, 0.2) is 0 Å². The van der Waals surface area contributed by atoms with E-state index < -0.39 is 0 Å². The topological polar surface area (TPSA) is 60.5 Å². The lowest BCUT2D eigenvalue weighted by atomic mass is 10.1. The van der Waals surface area contributed by atoms with E-state index in [1.54, 1.807) is 6.20 Å². The standard InChI is InChI=1S/C19H24N2O3/c1-4-23-19-16(8-6-11-20-19)13-21-18(22)10-12-24-17-9-5-7-14(2)15(17)3/h5-9,11H,4,10,12-13H2,1-3H3,(H,21,22). The molecule has 1 N–H and O–H groups in total. The molecule has 0 bridgehead atoms. The first-order chi connectivity index (χ1) is 11.6. The summed E-state index contributed by atoms with van der Waals surface area (Å²) >= 11 is 0. The molecule has 0 aliphatic carbocycles. The Hall–Kier alpha value is -2.56. The summed E-state index contributed by atoms with van der Waals surface area (Å²) < 4.78 is 11.2. The maximum atomic E-state index is 12.0. The Balaban J connectivity index is 1.79. The molecule has 0 saturated carbocycles. The van der Waals surface area contributed by atoms with Gasteiger partial charge in [0.05, 0.1) is 19.6 Å². The van der Waals surface area contributed by atoms with Crippen molar-refractivity contribution < 1.29 is 14.3 Å². The number of carbonyl (C=O) groups excluding carboxylic acids is 1. The second-order valence-corrected chi connectivity index (χ2v) is 5.47. The quantitative estimate of drug-likeness (QED) is 0.808. The van der Waals surface area contributed by atoms with E-state index in [2.05, 4.69) is 10.3 Å². The van der Waals surface area contributed by atoms with Gasteiger partial charge in [0.2, 0.25) is 11.8 Å². The molecule has 2 aromatic rings. The van der Waals surface area contributed by atoms with Crippen LogP contribution in [0.15, 0.2) is 36.5 Å². The van der Waals surface area contributed by atoms with Crippen LogP contribution in [0.2, 0.25) is 0 Å². The van der Waals surface area contributed by atoms with Crippen molar-refractivity contribution in [3.05, 3.63) is 53.2 Å². The fraction of sp³-hybridized carbons (Fsp3) is 0.368. The zero-order valence-electron chi connectivity index (χ0n) is 14.5. The fourth-order valence-electron chi connectivity index (χ4n) is 2.24. The molecule has 128 valence electrons. The molecule has 0 fully saturated rings. The van der Waals surface area contributed by atoms with Gasteiger partial charge in [0.1, 0.15) is 5.75 Å². The molecule has 0 radical (unpaired) electrons. The van der Waals surface area contributed by atoms with Crippen LogP contribution >= 0.6 is 0 Å². The molecule has 1 aromatic carbocycles. The number of amides is 1. The number of aromatic nitrogens is 1. The van der Waals surface area contributed by atoms with Crippen LogP contribution in [0.1, 0.15) is 30.0 Å². The first-order valence-corrected chi connectivity index (χ1v) is 8.14. The van der Waals surface area contributed by atoms with Crippen molar-refractivity contribution in [2.75, 3.05) is 13.2 Å². The Kier molecular flexibility index (Phi) is 6.61. The van der Waals surface area contributed by atoms with E-state index in [0.717, 1.165) is 16.9 Å². The smallest absolute Gasteiger partial charge is 0.223 e. The molecule has 1 aromatic heterocycles. The van der Waals surface area contributed by atoms with Crippen molar-refractivity contribution >= 4 is 5.91 Å². The molecule has 5 nitrogen and oxygen atoms in total. The highest BCUT2D eigenvalue weighted by Crippen LogP contribution is 2.20. The second-order valence-electron chi connectivity index (χ2n) is 5.47. The monoisotopic (exact) mass is 328 g/mol. The number of hydrogen-bond acceptors (Lipinski definition) is 4. The van der Waals surface area contributed by atoms with Crippen molar-refractivity contribution in [3.63, 3.8) is 0 Å². The van der Waals surface area contributed by atoms with Gasteiger partial charge in [-0.3, -0.25) is 4.79 Å². The molecule has 0 spiro atoms. The van der Waals surface area contributed by atoms with Gasteiger partial charge in [-0.2, -0.15) is 0 Å². The van der Waals surface area contributed by atoms with Gasteiger partial charge >= 0.3 is 0 Å². The summed E-state index contributed by atoms with van der Waals surface area (Å²) in [6.07, 6.45) is 1.98. The number of nitrogens with zero attached hydrogens (tertiary/aromatic N) is 1. The lowest BCUT2D eigenvalue weighted by molar-refractivity contribution is -0.121. The Morgan fingerprint density at radius 3 is 2.79 bits per heavy atom. The van der Waals surface area contributed by atoms with E-state index in [9.17, 15) is 4.79 Å². The van der Waals surface area contributed by atoms with Crippen molar-refractivity contribution in [2.45, 2.75) is 33.7 Å². The predicted octanol–water partition coefficient (Wildman–Crippen LogP) is 3.18. The lowest BCUT2D eigenvalue weighted by Gasteiger charge is -2.12. The van der Waals surface area contributed by atoms with Crippen molar-refractivity contribution in [3.8, 4) is 11.6 Å². The van der Waals surface area contributed by atoms with Crippen LogP contribution in [-0.4, -0.2) is 24.1 Å². The van der Waals surface area contributed by atoms with Gasteiger partial charge in [0, 0.05) is 18.3 Å². The fourth-order valence-corrected chi connectivity index (χ4v) is 2.24. The van der Waals surface area contributed by atoms with Crippen LogP contribution in [0.4, 0.5) is 0 Å².